The van der Waals surface area contributed by atoms with E-state index in [-0.39, 0.29) is 11.5 Å². The molecule has 0 unspecified atom stereocenters. The van der Waals surface area contributed by atoms with Gasteiger partial charge in [0.05, 0.1) is 7.14 Å². The van der Waals surface area contributed by atoms with E-state index in [1.807, 2.05) is 45.2 Å². The van der Waals surface area contributed by atoms with E-state index in [4.69, 9.17) is 0 Å². The second-order valence-corrected chi connectivity index (χ2v) is 18.6. The van der Waals surface area contributed by atoms with Gasteiger partial charge in [0.15, 0.2) is 0 Å². The van der Waals surface area contributed by atoms with Gasteiger partial charge in [0.25, 0.3) is 0 Å². The Morgan fingerprint density at radius 3 is 0.925 bits per heavy atom. The molecule has 0 aromatic heterocycles. The van der Waals surface area contributed by atoms with E-state index < -0.39 is 12.7 Å². The van der Waals surface area contributed by atoms with Crippen LogP contribution in [0.4, 0.5) is 26.3 Å². The Morgan fingerprint density at radius 2 is 0.642 bits per heavy atom. The van der Waals surface area contributed by atoms with Crippen LogP contribution in [0.15, 0.2) is 109 Å². The molecule has 6 aromatic rings. The highest BCUT2D eigenvalue weighted by Crippen LogP contribution is 2.40. The molecule has 53 heavy (non-hydrogen) atoms. The van der Waals surface area contributed by atoms with E-state index in [9.17, 15) is 26.3 Å². The summed E-state index contributed by atoms with van der Waals surface area (Å²) in [7, 11) is 0. The lowest BCUT2D eigenvalue weighted by Crippen LogP contribution is -2.17. The molecular formula is C39H20F6I6O2. The molecule has 0 spiro atoms. The predicted octanol–water partition coefficient (Wildman–Crippen LogP) is 15.4. The minimum atomic E-state index is -4.75. The van der Waals surface area contributed by atoms with Crippen LogP contribution in [0.25, 0.3) is 44.5 Å². The van der Waals surface area contributed by atoms with Crippen molar-refractivity contribution in [3.05, 3.63) is 142 Å². The number of hydrogen-bond donors (Lipinski definition) is 0. The summed E-state index contributed by atoms with van der Waals surface area (Å²) < 4.78 is 89.5. The molecule has 2 nitrogen and oxygen atoms in total. The smallest absolute Gasteiger partial charge is 0.405 e. The first-order chi connectivity index (χ1) is 24.9. The van der Waals surface area contributed by atoms with Crippen molar-refractivity contribution in [3.63, 3.8) is 0 Å². The number of alkyl halides is 6. The molecule has 272 valence electrons. The Labute approximate surface area is 383 Å². The zero-order valence-corrected chi connectivity index (χ0v) is 39.4. The van der Waals surface area contributed by atoms with E-state index in [1.54, 1.807) is 24.3 Å². The second kappa shape index (κ2) is 17.2. The van der Waals surface area contributed by atoms with Crippen molar-refractivity contribution < 1.29 is 35.8 Å². The minimum absolute atomic E-state index is 0.222. The van der Waals surface area contributed by atoms with E-state index in [1.165, 1.54) is 12.1 Å². The predicted molar refractivity (Wildman–Crippen MR) is 247 cm³/mol. The summed E-state index contributed by atoms with van der Waals surface area (Å²) in [5.41, 5.74) is 10.1. The van der Waals surface area contributed by atoms with Crippen LogP contribution in [-0.2, 0) is 6.42 Å². The molecule has 0 aliphatic heterocycles. The molecule has 0 saturated heterocycles. The molecule has 0 fully saturated rings. The van der Waals surface area contributed by atoms with Gasteiger partial charge < -0.3 is 9.47 Å². The highest BCUT2D eigenvalue weighted by atomic mass is 127. The molecular weight excluding hydrogens is 1380 g/mol. The summed E-state index contributed by atoms with van der Waals surface area (Å²) in [6.45, 7) is 0. The molecule has 6 rings (SSSR count). The van der Waals surface area contributed by atoms with E-state index in [2.05, 4.69) is 173 Å². The Morgan fingerprint density at radius 1 is 0.358 bits per heavy atom. The van der Waals surface area contributed by atoms with Crippen LogP contribution >= 0.6 is 136 Å². The lowest BCUT2D eigenvalue weighted by atomic mass is 9.96. The molecule has 0 amide bonds. The van der Waals surface area contributed by atoms with Crippen LogP contribution in [0, 0.1) is 21.4 Å². The Hall–Kier alpha value is -1.12. The van der Waals surface area contributed by atoms with Crippen LogP contribution in [0.1, 0.15) is 11.1 Å². The zero-order valence-electron chi connectivity index (χ0n) is 26.5. The maximum Gasteiger partial charge on any atom is 0.573 e. The molecule has 0 aliphatic carbocycles. The average molecular weight is 1400 g/mol. The fourth-order valence-corrected chi connectivity index (χ4v) is 11.7. The number of ether oxygens (including phenoxy) is 2. The van der Waals surface area contributed by atoms with Gasteiger partial charge in [0.2, 0.25) is 0 Å². The summed E-state index contributed by atoms with van der Waals surface area (Å²) in [5, 5.41) is 0. The molecule has 6 aromatic carbocycles. The topological polar surface area (TPSA) is 18.5 Å². The van der Waals surface area contributed by atoms with Crippen molar-refractivity contribution in [1.82, 2.24) is 0 Å². The number of hydrogen-bond acceptors (Lipinski definition) is 2. The van der Waals surface area contributed by atoms with Crippen LogP contribution < -0.4 is 9.47 Å². The van der Waals surface area contributed by atoms with Gasteiger partial charge in [-0.05, 0) is 235 Å². The third-order valence-electron chi connectivity index (χ3n) is 7.96. The lowest BCUT2D eigenvalue weighted by molar-refractivity contribution is -0.276. The van der Waals surface area contributed by atoms with Crippen molar-refractivity contribution in [2.45, 2.75) is 19.1 Å². The van der Waals surface area contributed by atoms with Crippen molar-refractivity contribution in [1.29, 1.82) is 0 Å². The molecule has 0 radical (unpaired) electrons. The molecule has 0 atom stereocenters. The van der Waals surface area contributed by atoms with Crippen LogP contribution in [0.3, 0.4) is 0 Å². The fraction of sp³-hybridized carbons (Fsp3) is 0.0769. The maximum atomic E-state index is 12.8. The highest BCUT2D eigenvalue weighted by Gasteiger charge is 2.33. The minimum Gasteiger partial charge on any atom is -0.405 e. The first-order valence-electron chi connectivity index (χ1n) is 15.2. The fourth-order valence-electron chi connectivity index (χ4n) is 5.62. The van der Waals surface area contributed by atoms with Crippen LogP contribution in [-0.4, -0.2) is 12.7 Å². The normalized spacial score (nSPS) is 11.8. The van der Waals surface area contributed by atoms with Crippen molar-refractivity contribution in [2.24, 2.45) is 0 Å². The van der Waals surface area contributed by atoms with Gasteiger partial charge in [0, 0.05) is 25.4 Å². The summed E-state index contributed by atoms with van der Waals surface area (Å²) >= 11 is 12.8. The van der Waals surface area contributed by atoms with Crippen molar-refractivity contribution in [3.8, 4) is 56.0 Å². The highest BCUT2D eigenvalue weighted by molar-refractivity contribution is 14.1. The third kappa shape index (κ3) is 10.6. The van der Waals surface area contributed by atoms with Gasteiger partial charge in [-0.3, -0.25) is 0 Å². The summed E-state index contributed by atoms with van der Waals surface area (Å²) in [4.78, 5) is 0. The summed E-state index contributed by atoms with van der Waals surface area (Å²) in [5.74, 6) is -0.445. The largest absolute Gasteiger partial charge is 0.573 e. The molecule has 0 saturated carbocycles. The van der Waals surface area contributed by atoms with Crippen LogP contribution in [0.5, 0.6) is 11.5 Å². The van der Waals surface area contributed by atoms with E-state index in [0.717, 1.165) is 76.3 Å². The Bertz CT molecular complexity index is 2100. The number of benzene rings is 6. The van der Waals surface area contributed by atoms with Gasteiger partial charge in [-0.15, -0.1) is 26.3 Å². The van der Waals surface area contributed by atoms with E-state index in [0.29, 0.717) is 7.14 Å². The summed E-state index contributed by atoms with van der Waals surface area (Å²) in [6.07, 6.45) is -8.74. The molecule has 0 N–H and O–H groups in total. The zero-order chi connectivity index (χ0) is 38.2. The van der Waals surface area contributed by atoms with Crippen LogP contribution in [0.2, 0.25) is 0 Å². The molecule has 0 bridgehead atoms. The Kier molecular flexibility index (Phi) is 13.4. The lowest BCUT2D eigenvalue weighted by Gasteiger charge is -2.15. The van der Waals surface area contributed by atoms with Gasteiger partial charge in [0.1, 0.15) is 11.5 Å². The maximum absolute atomic E-state index is 12.8. The number of rotatable bonds is 8. The van der Waals surface area contributed by atoms with Gasteiger partial charge in [-0.1, -0.05) is 60.7 Å². The average Bonchev–Trinajstić information content (AvgIpc) is 3.06. The molecule has 0 heterocycles. The second-order valence-electron chi connectivity index (χ2n) is 11.6. The first kappa shape index (κ1) is 41.5. The number of halogens is 12. The van der Waals surface area contributed by atoms with Gasteiger partial charge >= 0.3 is 12.7 Å². The van der Waals surface area contributed by atoms with E-state index >= 15 is 0 Å². The standard InChI is InChI=1S/C39H20F6I6O2/c40-38(41,42)52-34-11-9-24(14-28(34)46)36-30(48)16-26(17-31(36)49)22-5-1-20(2-6-22)13-21-3-7-23(8-4-21)27-18-32(50)37(33(51)19-27)25-10-12-35(29(47)15-25)53-39(43,44)45/h1-12,14-19H,13H2. The monoisotopic (exact) mass is 1400 g/mol. The molecule has 0 aliphatic rings. The summed E-state index contributed by atoms with van der Waals surface area (Å²) in [6, 6.07) is 34.6. The first-order valence-corrected chi connectivity index (χ1v) is 21.7. The SMILES string of the molecule is FC(F)(F)Oc1ccc(-c2c(I)cc(-c3ccc(Cc4ccc(-c5cc(I)c(-c6ccc(OC(F)(F)F)c(I)c6)c(I)c5)cc4)cc3)cc2I)cc1I. The molecule has 14 heteroatoms. The quantitative estimate of drug-likeness (QED) is 0.112. The third-order valence-corrected chi connectivity index (χ3v) is 13.0. The van der Waals surface area contributed by atoms with Gasteiger partial charge in [-0.2, -0.15) is 0 Å². The van der Waals surface area contributed by atoms with Crippen molar-refractivity contribution >= 4 is 136 Å². The Balaban J connectivity index is 1.14. The van der Waals surface area contributed by atoms with Crippen molar-refractivity contribution in [2.75, 3.05) is 0 Å². The van der Waals surface area contributed by atoms with Gasteiger partial charge in [-0.25, -0.2) is 0 Å².